The molecular weight excluding hydrogens is 464 g/mol. The first-order chi connectivity index (χ1) is 18.1. The molecule has 1 saturated heterocycles. The standard InChI is InChI=1S/C30H30N4O3/c1-37-23-11-9-22(10-12-23)19-33-28(35)14-13-27(30(33)36)34-26-15-17-32(18-21-6-3-2-4-7-21)20-25(26)24-8-5-16-31-29(24)34/h2-12,16,27H,13-15,17-20H2,1H3. The zero-order valence-corrected chi connectivity index (χ0v) is 21.0. The third kappa shape index (κ3) is 4.40. The first kappa shape index (κ1) is 23.4. The van der Waals surface area contributed by atoms with Crippen LogP contribution in [0.15, 0.2) is 72.9 Å². The lowest BCUT2D eigenvalue weighted by Crippen LogP contribution is -2.45. The van der Waals surface area contributed by atoms with E-state index >= 15 is 0 Å². The first-order valence-corrected chi connectivity index (χ1v) is 12.8. The second kappa shape index (κ2) is 9.82. The highest BCUT2D eigenvalue weighted by Crippen LogP contribution is 2.36. The summed E-state index contributed by atoms with van der Waals surface area (Å²) >= 11 is 0. The summed E-state index contributed by atoms with van der Waals surface area (Å²) < 4.78 is 7.38. The van der Waals surface area contributed by atoms with Gasteiger partial charge in [0.1, 0.15) is 17.4 Å². The summed E-state index contributed by atoms with van der Waals surface area (Å²) in [6, 6.07) is 21.7. The quantitative estimate of drug-likeness (QED) is 0.370. The van der Waals surface area contributed by atoms with Crippen LogP contribution in [0.5, 0.6) is 5.75 Å². The molecule has 7 heteroatoms. The summed E-state index contributed by atoms with van der Waals surface area (Å²) in [6.07, 6.45) is 3.47. The molecule has 1 fully saturated rings. The lowest BCUT2D eigenvalue weighted by atomic mass is 10.0. The van der Waals surface area contributed by atoms with Gasteiger partial charge in [-0.1, -0.05) is 42.5 Å². The van der Waals surface area contributed by atoms with E-state index in [-0.39, 0.29) is 18.4 Å². The minimum atomic E-state index is -0.433. The van der Waals surface area contributed by atoms with Crippen LogP contribution in [0.4, 0.5) is 0 Å². The topological polar surface area (TPSA) is 67.7 Å². The fourth-order valence-electron chi connectivity index (χ4n) is 5.72. The SMILES string of the molecule is COc1ccc(CN2C(=O)CCC(n3c4c(c5cccnc53)CN(Cc3ccccc3)CC4)C2=O)cc1. The Bertz CT molecular complexity index is 1450. The molecule has 0 N–H and O–H groups in total. The van der Waals surface area contributed by atoms with Crippen LogP contribution in [-0.4, -0.2) is 44.8 Å². The summed E-state index contributed by atoms with van der Waals surface area (Å²) in [6.45, 7) is 2.87. The molecule has 37 heavy (non-hydrogen) atoms. The molecule has 2 aliphatic heterocycles. The summed E-state index contributed by atoms with van der Waals surface area (Å²) in [5, 5.41) is 1.10. The number of likely N-dealkylation sites (tertiary alicyclic amines) is 1. The van der Waals surface area contributed by atoms with Crippen LogP contribution >= 0.6 is 0 Å². The molecule has 188 valence electrons. The van der Waals surface area contributed by atoms with E-state index in [1.165, 1.54) is 21.7 Å². The third-order valence-corrected chi connectivity index (χ3v) is 7.57. The van der Waals surface area contributed by atoms with E-state index in [1.807, 2.05) is 36.4 Å². The number of carbonyl (C=O) groups is 2. The van der Waals surface area contributed by atoms with Crippen molar-refractivity contribution in [1.29, 1.82) is 0 Å². The second-order valence-corrected chi connectivity index (χ2v) is 9.84. The van der Waals surface area contributed by atoms with Gasteiger partial charge in [-0.3, -0.25) is 19.4 Å². The minimum Gasteiger partial charge on any atom is -0.497 e. The van der Waals surface area contributed by atoms with Gasteiger partial charge in [0.25, 0.3) is 5.91 Å². The lowest BCUT2D eigenvalue weighted by molar-refractivity contribution is -0.151. The second-order valence-electron chi connectivity index (χ2n) is 9.84. The van der Waals surface area contributed by atoms with Gasteiger partial charge in [-0.25, -0.2) is 4.98 Å². The number of imide groups is 1. The van der Waals surface area contributed by atoms with Gasteiger partial charge in [-0.15, -0.1) is 0 Å². The Labute approximate surface area is 216 Å². The van der Waals surface area contributed by atoms with E-state index in [4.69, 9.17) is 9.72 Å². The molecule has 0 saturated carbocycles. The van der Waals surface area contributed by atoms with Crippen molar-refractivity contribution in [3.05, 3.63) is 95.3 Å². The molecule has 0 bridgehead atoms. The fourth-order valence-corrected chi connectivity index (χ4v) is 5.72. The Hall–Kier alpha value is -3.97. The van der Waals surface area contributed by atoms with Gasteiger partial charge in [0.15, 0.2) is 0 Å². The third-order valence-electron chi connectivity index (χ3n) is 7.57. The number of ether oxygens (including phenoxy) is 1. The summed E-state index contributed by atoms with van der Waals surface area (Å²) in [5.41, 5.74) is 5.46. The minimum absolute atomic E-state index is 0.121. The molecule has 2 amide bonds. The number of pyridine rings is 1. The number of aromatic nitrogens is 2. The number of nitrogens with zero attached hydrogens (tertiary/aromatic N) is 4. The number of carbonyl (C=O) groups excluding carboxylic acids is 2. The molecule has 2 aromatic heterocycles. The van der Waals surface area contributed by atoms with Gasteiger partial charge in [0, 0.05) is 49.8 Å². The maximum Gasteiger partial charge on any atom is 0.252 e. The van der Waals surface area contributed by atoms with E-state index in [2.05, 4.69) is 39.8 Å². The maximum atomic E-state index is 13.8. The number of piperidine rings is 1. The smallest absolute Gasteiger partial charge is 0.252 e. The highest BCUT2D eigenvalue weighted by Gasteiger charge is 2.38. The van der Waals surface area contributed by atoms with Crippen molar-refractivity contribution in [2.24, 2.45) is 0 Å². The monoisotopic (exact) mass is 494 g/mol. The molecule has 2 aliphatic rings. The van der Waals surface area contributed by atoms with Gasteiger partial charge in [-0.2, -0.15) is 0 Å². The average Bonchev–Trinajstić information content (AvgIpc) is 3.26. The van der Waals surface area contributed by atoms with E-state index in [0.29, 0.717) is 12.8 Å². The van der Waals surface area contributed by atoms with Crippen molar-refractivity contribution in [3.63, 3.8) is 0 Å². The highest BCUT2D eigenvalue weighted by molar-refractivity contribution is 6.00. The maximum absolute atomic E-state index is 13.8. The number of methoxy groups -OCH3 is 1. The average molecular weight is 495 g/mol. The van der Waals surface area contributed by atoms with Gasteiger partial charge in [-0.05, 0) is 47.4 Å². The first-order valence-electron chi connectivity index (χ1n) is 12.8. The molecule has 4 heterocycles. The zero-order chi connectivity index (χ0) is 25.4. The highest BCUT2D eigenvalue weighted by atomic mass is 16.5. The van der Waals surface area contributed by atoms with E-state index in [0.717, 1.165) is 48.4 Å². The number of hydrogen-bond donors (Lipinski definition) is 0. The van der Waals surface area contributed by atoms with Gasteiger partial charge < -0.3 is 9.30 Å². The Kier molecular flexibility index (Phi) is 6.22. The van der Waals surface area contributed by atoms with Crippen molar-refractivity contribution >= 4 is 22.8 Å². The predicted octanol–water partition coefficient (Wildman–Crippen LogP) is 4.49. The van der Waals surface area contributed by atoms with Crippen LogP contribution in [0.2, 0.25) is 0 Å². The van der Waals surface area contributed by atoms with Crippen LogP contribution in [0.1, 0.15) is 41.3 Å². The fraction of sp³-hybridized carbons (Fsp3) is 0.300. The molecule has 2 aromatic carbocycles. The number of hydrogen-bond acceptors (Lipinski definition) is 5. The van der Waals surface area contributed by atoms with Crippen LogP contribution < -0.4 is 4.74 Å². The Morgan fingerprint density at radius 1 is 0.919 bits per heavy atom. The number of rotatable bonds is 6. The molecule has 1 unspecified atom stereocenters. The molecule has 7 nitrogen and oxygen atoms in total. The van der Waals surface area contributed by atoms with Crippen molar-refractivity contribution in [2.45, 2.75) is 44.9 Å². The molecule has 0 radical (unpaired) electrons. The van der Waals surface area contributed by atoms with Crippen molar-refractivity contribution in [3.8, 4) is 5.75 Å². The van der Waals surface area contributed by atoms with Gasteiger partial charge >= 0.3 is 0 Å². The predicted molar refractivity (Wildman–Crippen MR) is 141 cm³/mol. The van der Waals surface area contributed by atoms with Gasteiger partial charge in [0.05, 0.1) is 13.7 Å². The molecular formula is C30H30N4O3. The number of benzene rings is 2. The molecule has 1 atom stereocenters. The normalized spacial score (nSPS) is 18.3. The largest absolute Gasteiger partial charge is 0.497 e. The van der Waals surface area contributed by atoms with Crippen molar-refractivity contribution < 1.29 is 14.3 Å². The Morgan fingerprint density at radius 2 is 1.70 bits per heavy atom. The van der Waals surface area contributed by atoms with Crippen LogP contribution in [0.3, 0.4) is 0 Å². The zero-order valence-electron chi connectivity index (χ0n) is 21.0. The number of fused-ring (bicyclic) bond motifs is 3. The molecule has 6 rings (SSSR count). The Balaban J connectivity index is 1.31. The molecule has 4 aromatic rings. The van der Waals surface area contributed by atoms with Crippen LogP contribution in [0.25, 0.3) is 11.0 Å². The van der Waals surface area contributed by atoms with Crippen LogP contribution in [-0.2, 0) is 35.6 Å². The van der Waals surface area contributed by atoms with Crippen molar-refractivity contribution in [2.75, 3.05) is 13.7 Å². The lowest BCUT2D eigenvalue weighted by Gasteiger charge is -2.34. The van der Waals surface area contributed by atoms with Crippen molar-refractivity contribution in [1.82, 2.24) is 19.4 Å². The molecule has 0 aliphatic carbocycles. The van der Waals surface area contributed by atoms with E-state index in [9.17, 15) is 9.59 Å². The summed E-state index contributed by atoms with van der Waals surface area (Å²) in [5.74, 6) is 0.476. The molecule has 0 spiro atoms. The van der Waals surface area contributed by atoms with E-state index < -0.39 is 6.04 Å². The van der Waals surface area contributed by atoms with Gasteiger partial charge in [0.2, 0.25) is 5.91 Å². The number of amides is 2. The summed E-state index contributed by atoms with van der Waals surface area (Å²) in [4.78, 5) is 35.3. The summed E-state index contributed by atoms with van der Waals surface area (Å²) in [7, 11) is 1.62. The van der Waals surface area contributed by atoms with E-state index in [1.54, 1.807) is 13.3 Å². The Morgan fingerprint density at radius 3 is 2.49 bits per heavy atom. The van der Waals surface area contributed by atoms with Crippen LogP contribution in [0, 0.1) is 0 Å².